The molecule has 0 atom stereocenters. The lowest BCUT2D eigenvalue weighted by Crippen LogP contribution is -2.11. The second kappa shape index (κ2) is 2.22. The summed E-state index contributed by atoms with van der Waals surface area (Å²) in [6.45, 7) is 3.84. The van der Waals surface area contributed by atoms with Crippen molar-refractivity contribution < 1.29 is 0 Å². The molecule has 1 heteroatoms. The highest BCUT2D eigenvalue weighted by atomic mass is 14.3. The maximum Gasteiger partial charge on any atom is 0.0604 e. The van der Waals surface area contributed by atoms with Gasteiger partial charge in [0.2, 0.25) is 0 Å². The van der Waals surface area contributed by atoms with Gasteiger partial charge in [-0.2, -0.15) is 17.4 Å². The third-order valence-electron chi connectivity index (χ3n) is 1.66. The van der Waals surface area contributed by atoms with Crippen molar-refractivity contribution >= 4 is 0 Å². The van der Waals surface area contributed by atoms with Crippen LogP contribution in [0.1, 0.15) is 19.4 Å². The minimum absolute atomic E-state index is 0.330. The number of hydrogen-bond acceptors (Lipinski definition) is 1. The Labute approximate surface area is 61.3 Å². The van der Waals surface area contributed by atoms with Crippen LogP contribution in [0.15, 0.2) is 24.3 Å². The molecule has 1 aromatic carbocycles. The second-order valence-electron chi connectivity index (χ2n) is 2.91. The minimum atomic E-state index is -0.330. The van der Waals surface area contributed by atoms with Crippen LogP contribution in [-0.2, 0) is 5.41 Å². The van der Waals surface area contributed by atoms with Gasteiger partial charge in [0.05, 0.1) is 6.07 Å². The third-order valence-corrected chi connectivity index (χ3v) is 1.66. The molecule has 0 heterocycles. The van der Waals surface area contributed by atoms with Gasteiger partial charge in [-0.1, -0.05) is 13.8 Å². The summed E-state index contributed by atoms with van der Waals surface area (Å²) in [4.78, 5) is 0. The molecule has 0 saturated carbocycles. The Morgan fingerprint density at radius 1 is 1.30 bits per heavy atom. The van der Waals surface area contributed by atoms with Crippen LogP contribution in [-0.4, -0.2) is 0 Å². The molecule has 0 unspecified atom stereocenters. The van der Waals surface area contributed by atoms with E-state index >= 15 is 0 Å². The fraction of sp³-hybridized carbons (Fsp3) is 0.333. The molecule has 0 radical (unpaired) electrons. The number of rotatable bonds is 1. The Balaban J connectivity index is 2.99. The fourth-order valence-electron chi connectivity index (χ4n) is 0.855. The zero-order valence-corrected chi connectivity index (χ0v) is 6.26. The molecular weight excluding hydrogens is 122 g/mol. The molecule has 0 spiro atoms. The maximum absolute atomic E-state index is 8.72. The molecule has 1 nitrogen and oxygen atoms in total. The summed E-state index contributed by atoms with van der Waals surface area (Å²) in [6, 6.07) is 10.1. The smallest absolute Gasteiger partial charge is 0.0604 e. The molecule has 0 aromatic heterocycles. The monoisotopic (exact) mass is 132 g/mol. The van der Waals surface area contributed by atoms with Crippen LogP contribution in [0.3, 0.4) is 0 Å². The molecule has 0 fully saturated rings. The highest BCUT2D eigenvalue weighted by Crippen LogP contribution is 2.21. The van der Waals surface area contributed by atoms with E-state index in [0.717, 1.165) is 5.56 Å². The maximum atomic E-state index is 8.72. The predicted octanol–water partition coefficient (Wildman–Crippen LogP) is 2.21. The Morgan fingerprint density at radius 3 is 2.20 bits per heavy atom. The van der Waals surface area contributed by atoms with Crippen molar-refractivity contribution in [3.63, 3.8) is 0 Å². The first-order valence-corrected chi connectivity index (χ1v) is 3.30. The lowest BCUT2D eigenvalue weighted by atomic mass is 9.88. The molecule has 0 aliphatic heterocycles. The Hall–Kier alpha value is -1.16. The van der Waals surface area contributed by atoms with E-state index in [4.69, 9.17) is 5.26 Å². The van der Waals surface area contributed by atoms with Crippen molar-refractivity contribution in [2.45, 2.75) is 19.3 Å². The Kier molecular flexibility index (Phi) is 1.55. The van der Waals surface area contributed by atoms with E-state index in [2.05, 4.69) is 6.07 Å². The van der Waals surface area contributed by atoms with Crippen molar-refractivity contribution in [1.82, 2.24) is 0 Å². The van der Waals surface area contributed by atoms with E-state index in [9.17, 15) is 0 Å². The molecule has 0 saturated heterocycles. The SMILES string of the molecule is CC(C)(C#N)[c-]1cccc1. The standard InChI is InChI=1S/C9H10N/c1-9(2,7-10)8-5-3-4-6-8/h3-6H,1-2H3/q-1. The first kappa shape index (κ1) is 6.95. The summed E-state index contributed by atoms with van der Waals surface area (Å²) in [7, 11) is 0. The highest BCUT2D eigenvalue weighted by Gasteiger charge is 2.13. The second-order valence-corrected chi connectivity index (χ2v) is 2.91. The van der Waals surface area contributed by atoms with Crippen LogP contribution >= 0.6 is 0 Å². The molecule has 1 rings (SSSR count). The molecule has 0 N–H and O–H groups in total. The topological polar surface area (TPSA) is 23.8 Å². The Bertz CT molecular complexity index is 236. The largest absolute Gasteiger partial charge is 0.213 e. The minimum Gasteiger partial charge on any atom is -0.213 e. The van der Waals surface area contributed by atoms with Gasteiger partial charge >= 0.3 is 0 Å². The van der Waals surface area contributed by atoms with Gasteiger partial charge in [0, 0.05) is 5.41 Å². The van der Waals surface area contributed by atoms with E-state index in [1.54, 1.807) is 0 Å². The van der Waals surface area contributed by atoms with Gasteiger partial charge in [-0.15, -0.1) is 5.56 Å². The van der Waals surface area contributed by atoms with Gasteiger partial charge in [-0.3, -0.25) is 0 Å². The summed E-state index contributed by atoms with van der Waals surface area (Å²) >= 11 is 0. The van der Waals surface area contributed by atoms with Crippen molar-refractivity contribution in [3.05, 3.63) is 29.8 Å². The molecule has 52 valence electrons. The summed E-state index contributed by atoms with van der Waals surface area (Å²) in [5.74, 6) is 0. The van der Waals surface area contributed by atoms with E-state index in [1.165, 1.54) is 0 Å². The van der Waals surface area contributed by atoms with Crippen LogP contribution < -0.4 is 0 Å². The van der Waals surface area contributed by atoms with Gasteiger partial charge in [0.1, 0.15) is 0 Å². The number of hydrogen-bond donors (Lipinski definition) is 0. The van der Waals surface area contributed by atoms with Crippen LogP contribution in [0.5, 0.6) is 0 Å². The van der Waals surface area contributed by atoms with Crippen molar-refractivity contribution in [2.75, 3.05) is 0 Å². The van der Waals surface area contributed by atoms with Crippen LogP contribution in [0, 0.1) is 11.3 Å². The molecule has 0 aliphatic rings. The fourth-order valence-corrected chi connectivity index (χ4v) is 0.855. The van der Waals surface area contributed by atoms with Gasteiger partial charge in [0.25, 0.3) is 0 Å². The summed E-state index contributed by atoms with van der Waals surface area (Å²) in [6.07, 6.45) is 0. The first-order valence-electron chi connectivity index (χ1n) is 3.30. The van der Waals surface area contributed by atoms with Gasteiger partial charge in [-0.05, 0) is 0 Å². The van der Waals surface area contributed by atoms with Crippen molar-refractivity contribution in [1.29, 1.82) is 5.26 Å². The van der Waals surface area contributed by atoms with E-state index in [-0.39, 0.29) is 5.41 Å². The molecule has 0 aliphatic carbocycles. The molecule has 0 amide bonds. The van der Waals surface area contributed by atoms with E-state index < -0.39 is 0 Å². The average Bonchev–Trinajstić information content (AvgIpc) is 2.38. The Morgan fingerprint density at radius 2 is 1.80 bits per heavy atom. The van der Waals surface area contributed by atoms with Gasteiger partial charge < -0.3 is 0 Å². The summed E-state index contributed by atoms with van der Waals surface area (Å²) in [5.41, 5.74) is 0.763. The molecule has 1 aromatic rings. The first-order chi connectivity index (χ1) is 4.67. The van der Waals surface area contributed by atoms with Gasteiger partial charge in [-0.25, -0.2) is 12.1 Å². The van der Waals surface area contributed by atoms with Crippen molar-refractivity contribution in [3.8, 4) is 6.07 Å². The lowest BCUT2D eigenvalue weighted by Gasteiger charge is -2.17. The summed E-state index contributed by atoms with van der Waals surface area (Å²) in [5, 5.41) is 8.72. The average molecular weight is 132 g/mol. The predicted molar refractivity (Wildman–Crippen MR) is 40.7 cm³/mol. The normalized spacial score (nSPS) is 10.9. The number of nitriles is 1. The quantitative estimate of drug-likeness (QED) is 0.537. The molecular formula is C9H10N-. The summed E-state index contributed by atoms with van der Waals surface area (Å²) < 4.78 is 0. The molecule has 0 bridgehead atoms. The van der Waals surface area contributed by atoms with Gasteiger partial charge in [0.15, 0.2) is 0 Å². The number of nitrogens with zero attached hydrogens (tertiary/aromatic N) is 1. The van der Waals surface area contributed by atoms with Crippen molar-refractivity contribution in [2.24, 2.45) is 0 Å². The van der Waals surface area contributed by atoms with Crippen LogP contribution in [0.25, 0.3) is 0 Å². The molecule has 10 heavy (non-hydrogen) atoms. The van der Waals surface area contributed by atoms with Crippen LogP contribution in [0.4, 0.5) is 0 Å². The van der Waals surface area contributed by atoms with E-state index in [1.807, 2.05) is 38.1 Å². The van der Waals surface area contributed by atoms with E-state index in [0.29, 0.717) is 0 Å². The zero-order valence-electron chi connectivity index (χ0n) is 6.26. The zero-order chi connectivity index (χ0) is 7.61. The highest BCUT2D eigenvalue weighted by molar-refractivity contribution is 5.30. The lowest BCUT2D eigenvalue weighted by molar-refractivity contribution is 0.689. The third kappa shape index (κ3) is 1.06. The van der Waals surface area contributed by atoms with Crippen LogP contribution in [0.2, 0.25) is 0 Å².